The van der Waals surface area contributed by atoms with Crippen molar-refractivity contribution in [3.05, 3.63) is 58.4 Å². The normalized spacial score (nSPS) is 10.1. The lowest BCUT2D eigenvalue weighted by molar-refractivity contribution is 0.549. The van der Waals surface area contributed by atoms with Gasteiger partial charge < -0.3 is 5.32 Å². The third-order valence-corrected chi connectivity index (χ3v) is 2.68. The van der Waals surface area contributed by atoms with Crippen molar-refractivity contribution in [2.45, 2.75) is 0 Å². The van der Waals surface area contributed by atoms with E-state index in [9.17, 15) is 13.2 Å². The predicted molar refractivity (Wildman–Crippen MR) is 65.8 cm³/mol. The first-order chi connectivity index (χ1) is 9.01. The number of nitriles is 1. The van der Waals surface area contributed by atoms with Crippen LogP contribution in [0.1, 0.15) is 5.56 Å². The Morgan fingerprint density at radius 2 is 1.68 bits per heavy atom. The highest BCUT2D eigenvalue weighted by Crippen LogP contribution is 2.29. The molecule has 19 heavy (non-hydrogen) atoms. The minimum atomic E-state index is -1.07. The fraction of sp³-hybridized carbons (Fsp3) is 0. The van der Waals surface area contributed by atoms with E-state index in [0.717, 1.165) is 0 Å². The fourth-order valence-corrected chi connectivity index (χ4v) is 1.71. The number of hydrogen-bond donors (Lipinski definition) is 1. The highest BCUT2D eigenvalue weighted by molar-refractivity contribution is 6.33. The number of benzene rings is 2. The van der Waals surface area contributed by atoms with Gasteiger partial charge in [0, 0.05) is 12.1 Å². The molecular weight excluding hydrogens is 277 g/mol. The van der Waals surface area contributed by atoms with Gasteiger partial charge >= 0.3 is 0 Å². The zero-order valence-corrected chi connectivity index (χ0v) is 10.1. The van der Waals surface area contributed by atoms with Crippen LogP contribution in [0.3, 0.4) is 0 Å². The average Bonchev–Trinajstić information content (AvgIpc) is 2.35. The lowest BCUT2D eigenvalue weighted by atomic mass is 10.2. The Morgan fingerprint density at radius 3 is 2.21 bits per heavy atom. The van der Waals surface area contributed by atoms with Gasteiger partial charge in [0.2, 0.25) is 0 Å². The number of halogens is 4. The van der Waals surface area contributed by atoms with Crippen molar-refractivity contribution in [1.82, 2.24) is 0 Å². The molecule has 1 N–H and O–H groups in total. The molecule has 0 fully saturated rings. The monoisotopic (exact) mass is 282 g/mol. The van der Waals surface area contributed by atoms with Crippen LogP contribution in [0.15, 0.2) is 30.3 Å². The van der Waals surface area contributed by atoms with Crippen LogP contribution in [0.4, 0.5) is 24.5 Å². The Balaban J connectivity index is 2.40. The molecular formula is C13H6ClF3N2. The Bertz CT molecular complexity index is 657. The average molecular weight is 283 g/mol. The second kappa shape index (κ2) is 5.21. The highest BCUT2D eigenvalue weighted by atomic mass is 35.5. The summed E-state index contributed by atoms with van der Waals surface area (Å²) in [5, 5.41) is 11.2. The van der Waals surface area contributed by atoms with Crippen LogP contribution in [-0.2, 0) is 0 Å². The van der Waals surface area contributed by atoms with E-state index in [4.69, 9.17) is 16.9 Å². The Kier molecular flexibility index (Phi) is 3.63. The van der Waals surface area contributed by atoms with Gasteiger partial charge in [-0.15, -0.1) is 0 Å². The highest BCUT2D eigenvalue weighted by Gasteiger charge is 2.13. The molecule has 0 aliphatic carbocycles. The molecule has 0 bridgehead atoms. The van der Waals surface area contributed by atoms with E-state index in [0.29, 0.717) is 17.7 Å². The first kappa shape index (κ1) is 13.2. The number of hydrogen-bond acceptors (Lipinski definition) is 2. The van der Waals surface area contributed by atoms with Crippen LogP contribution < -0.4 is 5.32 Å². The molecule has 0 spiro atoms. The maximum Gasteiger partial charge on any atom is 0.152 e. The first-order valence-corrected chi connectivity index (χ1v) is 5.50. The Morgan fingerprint density at radius 1 is 1.05 bits per heavy atom. The molecule has 0 saturated carbocycles. The molecule has 96 valence electrons. The van der Waals surface area contributed by atoms with Crippen molar-refractivity contribution in [2.75, 3.05) is 5.32 Å². The molecule has 2 rings (SSSR count). The summed E-state index contributed by atoms with van der Waals surface area (Å²) in [7, 11) is 0. The molecule has 0 saturated heterocycles. The van der Waals surface area contributed by atoms with Crippen molar-refractivity contribution in [3.8, 4) is 6.07 Å². The fourth-order valence-electron chi connectivity index (χ4n) is 1.48. The van der Waals surface area contributed by atoms with Gasteiger partial charge in [-0.25, -0.2) is 13.2 Å². The van der Waals surface area contributed by atoms with Gasteiger partial charge in [-0.1, -0.05) is 11.6 Å². The van der Waals surface area contributed by atoms with Gasteiger partial charge in [0.1, 0.15) is 11.5 Å². The van der Waals surface area contributed by atoms with Crippen molar-refractivity contribution < 1.29 is 13.2 Å². The molecule has 0 aromatic heterocycles. The maximum absolute atomic E-state index is 13.4. The number of rotatable bonds is 2. The Labute approximate surface area is 112 Å². The van der Waals surface area contributed by atoms with Crippen molar-refractivity contribution in [1.29, 1.82) is 5.26 Å². The lowest BCUT2D eigenvalue weighted by Gasteiger charge is -2.10. The lowest BCUT2D eigenvalue weighted by Crippen LogP contribution is -1.99. The molecule has 6 heteroatoms. The van der Waals surface area contributed by atoms with Crippen LogP contribution in [0, 0.1) is 28.8 Å². The van der Waals surface area contributed by atoms with Crippen LogP contribution in [0.25, 0.3) is 0 Å². The van der Waals surface area contributed by atoms with Crippen molar-refractivity contribution in [3.63, 3.8) is 0 Å². The number of nitrogens with zero attached hydrogens (tertiary/aromatic N) is 1. The van der Waals surface area contributed by atoms with Gasteiger partial charge in [0.05, 0.1) is 22.3 Å². The van der Waals surface area contributed by atoms with Gasteiger partial charge in [0.25, 0.3) is 0 Å². The Hall–Kier alpha value is -2.19. The second-order valence-electron chi connectivity index (χ2n) is 3.68. The predicted octanol–water partition coefficient (Wildman–Crippen LogP) is 4.37. The molecule has 2 nitrogen and oxygen atoms in total. The quantitative estimate of drug-likeness (QED) is 0.887. The summed E-state index contributed by atoms with van der Waals surface area (Å²) < 4.78 is 39.6. The summed E-state index contributed by atoms with van der Waals surface area (Å²) in [5.74, 6) is -3.15. The summed E-state index contributed by atoms with van der Waals surface area (Å²) in [5.41, 5.74) is 0.0219. The summed E-state index contributed by atoms with van der Waals surface area (Å²) in [6.07, 6.45) is 0. The van der Waals surface area contributed by atoms with E-state index < -0.39 is 23.1 Å². The second-order valence-corrected chi connectivity index (χ2v) is 4.08. The summed E-state index contributed by atoms with van der Waals surface area (Å²) in [6, 6.07) is 7.19. The number of anilines is 2. The van der Waals surface area contributed by atoms with Crippen LogP contribution >= 0.6 is 11.6 Å². The third-order valence-electron chi connectivity index (χ3n) is 2.36. The van der Waals surface area contributed by atoms with Crippen molar-refractivity contribution in [2.24, 2.45) is 0 Å². The molecule has 0 heterocycles. The van der Waals surface area contributed by atoms with E-state index >= 15 is 0 Å². The molecule has 2 aromatic rings. The van der Waals surface area contributed by atoms with Gasteiger partial charge in [-0.05, 0) is 18.2 Å². The van der Waals surface area contributed by atoms with Crippen LogP contribution in [0.5, 0.6) is 0 Å². The summed E-state index contributed by atoms with van der Waals surface area (Å²) in [6.45, 7) is 0. The van der Waals surface area contributed by atoms with E-state index in [1.165, 1.54) is 18.2 Å². The SMILES string of the molecule is N#Cc1ccc(Nc2c(F)cc(F)cc2F)c(Cl)c1. The zero-order valence-electron chi connectivity index (χ0n) is 9.35. The third kappa shape index (κ3) is 2.80. The van der Waals surface area contributed by atoms with Crippen molar-refractivity contribution >= 4 is 23.0 Å². The maximum atomic E-state index is 13.4. The molecule has 0 radical (unpaired) electrons. The number of nitrogens with one attached hydrogen (secondary N) is 1. The molecule has 0 atom stereocenters. The van der Waals surface area contributed by atoms with Crippen LogP contribution in [0.2, 0.25) is 5.02 Å². The van der Waals surface area contributed by atoms with Crippen LogP contribution in [-0.4, -0.2) is 0 Å². The van der Waals surface area contributed by atoms with Gasteiger partial charge in [0.15, 0.2) is 11.6 Å². The topological polar surface area (TPSA) is 35.8 Å². The van der Waals surface area contributed by atoms with E-state index in [2.05, 4.69) is 5.32 Å². The molecule has 0 amide bonds. The molecule has 2 aromatic carbocycles. The van der Waals surface area contributed by atoms with E-state index in [-0.39, 0.29) is 10.7 Å². The van der Waals surface area contributed by atoms with E-state index in [1.807, 2.05) is 6.07 Å². The minimum Gasteiger partial charge on any atom is -0.350 e. The van der Waals surface area contributed by atoms with Gasteiger partial charge in [-0.3, -0.25) is 0 Å². The van der Waals surface area contributed by atoms with Gasteiger partial charge in [-0.2, -0.15) is 5.26 Å². The summed E-state index contributed by atoms with van der Waals surface area (Å²) in [4.78, 5) is 0. The molecule has 0 unspecified atom stereocenters. The molecule has 0 aliphatic heterocycles. The standard InChI is InChI=1S/C13H6ClF3N2/c14-9-3-7(6-18)1-2-12(9)19-13-10(16)4-8(15)5-11(13)17/h1-5,19H. The largest absolute Gasteiger partial charge is 0.350 e. The zero-order chi connectivity index (χ0) is 14.0. The first-order valence-electron chi connectivity index (χ1n) is 5.12. The summed E-state index contributed by atoms with van der Waals surface area (Å²) >= 11 is 5.86. The van der Waals surface area contributed by atoms with E-state index in [1.54, 1.807) is 0 Å². The minimum absolute atomic E-state index is 0.127. The molecule has 0 aliphatic rings. The smallest absolute Gasteiger partial charge is 0.152 e.